The Hall–Kier alpha value is -1.31. The second-order valence-electron chi connectivity index (χ2n) is 2.94. The SMILES string of the molecule is C=CCc1nccn1C.O=S(=O)(O)OOS(=O)(=O)O. The molecule has 0 saturated heterocycles. The number of hydrogen-bond acceptors (Lipinski definition) is 7. The monoisotopic (exact) mass is 316 g/mol. The predicted octanol–water partition coefficient (Wildman–Crippen LogP) is -0.311. The van der Waals surface area contributed by atoms with Gasteiger partial charge in [0.15, 0.2) is 0 Å². The van der Waals surface area contributed by atoms with E-state index in [1.165, 1.54) is 0 Å². The lowest BCUT2D eigenvalue weighted by Gasteiger charge is -1.93. The van der Waals surface area contributed by atoms with Crippen LogP contribution in [-0.2, 0) is 42.9 Å². The minimum Gasteiger partial charge on any atom is -0.338 e. The molecule has 0 aliphatic rings. The van der Waals surface area contributed by atoms with Gasteiger partial charge in [-0.2, -0.15) is 16.8 Å². The fourth-order valence-electron chi connectivity index (χ4n) is 0.792. The second-order valence-corrected chi connectivity index (χ2v) is 4.92. The van der Waals surface area contributed by atoms with Crippen molar-refractivity contribution in [3.8, 4) is 0 Å². The molecule has 110 valence electrons. The molecule has 0 amide bonds. The van der Waals surface area contributed by atoms with Gasteiger partial charge in [-0.3, -0.25) is 9.11 Å². The normalized spacial score (nSPS) is 11.5. The van der Waals surface area contributed by atoms with Crippen molar-refractivity contribution in [3.63, 3.8) is 0 Å². The van der Waals surface area contributed by atoms with Gasteiger partial charge < -0.3 is 4.57 Å². The van der Waals surface area contributed by atoms with Crippen LogP contribution < -0.4 is 0 Å². The molecular formula is C7H12N2O8S2. The summed E-state index contributed by atoms with van der Waals surface area (Å²) in [6.07, 6.45) is 6.42. The van der Waals surface area contributed by atoms with Gasteiger partial charge in [-0.15, -0.1) is 6.58 Å². The van der Waals surface area contributed by atoms with Crippen molar-refractivity contribution < 1.29 is 34.6 Å². The van der Waals surface area contributed by atoms with Crippen molar-refractivity contribution in [2.24, 2.45) is 7.05 Å². The molecule has 0 atom stereocenters. The van der Waals surface area contributed by atoms with E-state index in [4.69, 9.17) is 9.11 Å². The summed E-state index contributed by atoms with van der Waals surface area (Å²) in [5.74, 6) is 1.06. The first-order valence-electron chi connectivity index (χ1n) is 4.45. The maximum Gasteiger partial charge on any atom is 0.425 e. The lowest BCUT2D eigenvalue weighted by Crippen LogP contribution is -2.10. The van der Waals surface area contributed by atoms with E-state index in [-0.39, 0.29) is 0 Å². The van der Waals surface area contributed by atoms with E-state index < -0.39 is 20.8 Å². The molecular weight excluding hydrogens is 304 g/mol. The highest BCUT2D eigenvalue weighted by molar-refractivity contribution is 7.83. The van der Waals surface area contributed by atoms with Crippen molar-refractivity contribution in [1.82, 2.24) is 9.55 Å². The van der Waals surface area contributed by atoms with Crippen molar-refractivity contribution in [1.29, 1.82) is 0 Å². The van der Waals surface area contributed by atoms with Crippen LogP contribution >= 0.6 is 0 Å². The Labute approximate surface area is 110 Å². The number of allylic oxidation sites excluding steroid dienone is 1. The molecule has 2 N–H and O–H groups in total. The number of imidazole rings is 1. The summed E-state index contributed by atoms with van der Waals surface area (Å²) < 4.78 is 60.9. The number of aromatic nitrogens is 2. The number of aryl methyl sites for hydroxylation is 1. The van der Waals surface area contributed by atoms with E-state index in [1.54, 1.807) is 6.20 Å². The third-order valence-corrected chi connectivity index (χ3v) is 2.01. The van der Waals surface area contributed by atoms with Gasteiger partial charge in [-0.25, -0.2) is 4.98 Å². The molecule has 0 spiro atoms. The zero-order chi connectivity index (χ0) is 15.1. The molecule has 0 unspecified atom stereocenters. The maximum atomic E-state index is 9.51. The van der Waals surface area contributed by atoms with Crippen LogP contribution in [0.5, 0.6) is 0 Å². The van der Waals surface area contributed by atoms with E-state index in [1.807, 2.05) is 23.9 Å². The Balaban J connectivity index is 0.000000342. The highest BCUT2D eigenvalue weighted by Gasteiger charge is 2.13. The quantitative estimate of drug-likeness (QED) is 0.323. The van der Waals surface area contributed by atoms with Crippen molar-refractivity contribution in [2.45, 2.75) is 6.42 Å². The molecule has 1 rings (SSSR count). The minimum absolute atomic E-state index is 0.851. The highest BCUT2D eigenvalue weighted by Crippen LogP contribution is 1.94. The van der Waals surface area contributed by atoms with E-state index in [0.717, 1.165) is 12.2 Å². The van der Waals surface area contributed by atoms with Gasteiger partial charge in [0.25, 0.3) is 0 Å². The lowest BCUT2D eigenvalue weighted by molar-refractivity contribution is -0.105. The zero-order valence-corrected chi connectivity index (χ0v) is 11.3. The highest BCUT2D eigenvalue weighted by atomic mass is 32.3. The van der Waals surface area contributed by atoms with Gasteiger partial charge in [0, 0.05) is 25.9 Å². The van der Waals surface area contributed by atoms with Crippen molar-refractivity contribution >= 4 is 20.8 Å². The fourth-order valence-corrected chi connectivity index (χ4v) is 1.35. The molecule has 0 aromatic carbocycles. The van der Waals surface area contributed by atoms with Crippen LogP contribution in [0.2, 0.25) is 0 Å². The van der Waals surface area contributed by atoms with Gasteiger partial charge in [-0.1, -0.05) is 14.7 Å². The van der Waals surface area contributed by atoms with Crippen LogP contribution in [0.1, 0.15) is 5.82 Å². The lowest BCUT2D eigenvalue weighted by atomic mass is 10.4. The molecule has 0 aliphatic heterocycles. The predicted molar refractivity (Wildman–Crippen MR) is 62.4 cm³/mol. The molecule has 1 aromatic rings. The van der Waals surface area contributed by atoms with Gasteiger partial charge in [0.1, 0.15) is 5.82 Å². The minimum atomic E-state index is -5.02. The number of rotatable bonds is 5. The van der Waals surface area contributed by atoms with E-state index in [0.29, 0.717) is 0 Å². The molecule has 12 heteroatoms. The Morgan fingerprint density at radius 3 is 2.05 bits per heavy atom. The average molecular weight is 316 g/mol. The van der Waals surface area contributed by atoms with Crippen LogP contribution in [0.25, 0.3) is 0 Å². The molecule has 10 nitrogen and oxygen atoms in total. The Morgan fingerprint density at radius 2 is 1.79 bits per heavy atom. The van der Waals surface area contributed by atoms with Gasteiger partial charge in [-0.05, 0) is 0 Å². The largest absolute Gasteiger partial charge is 0.425 e. The topological polar surface area (TPSA) is 145 Å². The van der Waals surface area contributed by atoms with E-state index >= 15 is 0 Å². The fraction of sp³-hybridized carbons (Fsp3) is 0.286. The van der Waals surface area contributed by atoms with Crippen LogP contribution in [0, 0.1) is 0 Å². The molecule has 0 radical (unpaired) electrons. The van der Waals surface area contributed by atoms with Crippen LogP contribution in [0.15, 0.2) is 25.0 Å². The summed E-state index contributed by atoms with van der Waals surface area (Å²) >= 11 is 0. The van der Waals surface area contributed by atoms with Crippen molar-refractivity contribution in [2.75, 3.05) is 0 Å². The first kappa shape index (κ1) is 17.7. The van der Waals surface area contributed by atoms with Crippen LogP contribution in [0.4, 0.5) is 0 Å². The third-order valence-electron chi connectivity index (χ3n) is 1.45. The zero-order valence-electron chi connectivity index (χ0n) is 9.70. The number of hydrogen-bond donors (Lipinski definition) is 2. The summed E-state index contributed by atoms with van der Waals surface area (Å²) in [6, 6.07) is 0. The summed E-state index contributed by atoms with van der Waals surface area (Å²) in [5, 5.41) is 0. The van der Waals surface area contributed by atoms with E-state index in [9.17, 15) is 16.8 Å². The van der Waals surface area contributed by atoms with Gasteiger partial charge in [0.2, 0.25) is 0 Å². The Bertz CT molecular complexity index is 571. The van der Waals surface area contributed by atoms with Crippen LogP contribution in [0.3, 0.4) is 0 Å². The average Bonchev–Trinajstić information content (AvgIpc) is 2.62. The Kier molecular flexibility index (Phi) is 6.82. The molecule has 0 aliphatic carbocycles. The van der Waals surface area contributed by atoms with Crippen molar-refractivity contribution in [3.05, 3.63) is 30.9 Å². The smallest absolute Gasteiger partial charge is 0.338 e. The molecule has 19 heavy (non-hydrogen) atoms. The standard InChI is InChI=1S/C7H10N2.H2O8S2/c1-3-4-7-8-5-6-9(7)2;1-9(2,3)7-8-10(4,5)6/h3,5-6H,1,4H2,2H3;(H,1,2,3)(H,4,5,6). The van der Waals surface area contributed by atoms with Gasteiger partial charge >= 0.3 is 20.8 Å². The molecule has 0 fully saturated rings. The summed E-state index contributed by atoms with van der Waals surface area (Å²) in [7, 11) is -8.06. The van der Waals surface area contributed by atoms with Crippen LogP contribution in [-0.4, -0.2) is 35.5 Å². The summed E-state index contributed by atoms with van der Waals surface area (Å²) in [5.41, 5.74) is 0. The van der Waals surface area contributed by atoms with E-state index in [2.05, 4.69) is 20.2 Å². The summed E-state index contributed by atoms with van der Waals surface area (Å²) in [4.78, 5) is 4.10. The molecule has 0 bridgehead atoms. The molecule has 1 aromatic heterocycles. The van der Waals surface area contributed by atoms with Gasteiger partial charge in [0.05, 0.1) is 0 Å². The molecule has 0 saturated carbocycles. The first-order chi connectivity index (χ1) is 8.55. The first-order valence-corrected chi connectivity index (χ1v) is 7.18. The number of nitrogens with zero attached hydrogens (tertiary/aromatic N) is 2. The molecule has 1 heterocycles. The third kappa shape index (κ3) is 10.3. The summed E-state index contributed by atoms with van der Waals surface area (Å²) in [6.45, 7) is 3.62. The Morgan fingerprint density at radius 1 is 1.32 bits per heavy atom. The maximum absolute atomic E-state index is 9.51. The second kappa shape index (κ2) is 7.32.